The maximum Gasteiger partial charge on any atom is 0.122 e. The van der Waals surface area contributed by atoms with Gasteiger partial charge in [0.1, 0.15) is 67.7 Å². The van der Waals surface area contributed by atoms with Crippen molar-refractivity contribution in [2.75, 3.05) is 39.6 Å². The summed E-state index contributed by atoms with van der Waals surface area (Å²) >= 11 is 0. The van der Waals surface area contributed by atoms with Gasteiger partial charge in [0.15, 0.2) is 0 Å². The first-order chi connectivity index (χ1) is 23.2. The van der Waals surface area contributed by atoms with Crippen LogP contribution in [0, 0.1) is 0 Å². The Bertz CT molecular complexity index is 1780. The van der Waals surface area contributed by atoms with Gasteiger partial charge in [-0.15, -0.1) is 0 Å². The second-order valence-electron chi connectivity index (χ2n) is 14.2. The Balaban J connectivity index is 0.830. The third-order valence-electron chi connectivity index (χ3n) is 11.3. The maximum absolute atomic E-state index is 10.7. The molecule has 2 aliphatic heterocycles. The first-order valence-corrected chi connectivity index (χ1v) is 17.2. The third kappa shape index (κ3) is 5.62. The van der Waals surface area contributed by atoms with E-state index in [4.69, 9.17) is 28.4 Å². The number of benzene rings is 4. The number of aliphatic hydroxyl groups is 1. The minimum atomic E-state index is -0.760. The van der Waals surface area contributed by atoms with E-state index in [0.717, 1.165) is 36.2 Å². The summed E-state index contributed by atoms with van der Waals surface area (Å²) in [6.07, 6.45) is -0.264. The van der Waals surface area contributed by atoms with Gasteiger partial charge in [-0.1, -0.05) is 64.1 Å². The van der Waals surface area contributed by atoms with Crippen LogP contribution in [0.5, 0.6) is 23.0 Å². The van der Waals surface area contributed by atoms with E-state index in [-0.39, 0.29) is 36.3 Å². The zero-order chi connectivity index (χ0) is 33.0. The van der Waals surface area contributed by atoms with Crippen molar-refractivity contribution >= 4 is 0 Å². The molecule has 2 saturated heterocycles. The van der Waals surface area contributed by atoms with Gasteiger partial charge in [-0.2, -0.15) is 0 Å². The van der Waals surface area contributed by atoms with Gasteiger partial charge in [-0.25, -0.2) is 0 Å². The van der Waals surface area contributed by atoms with Crippen LogP contribution in [0.2, 0.25) is 0 Å². The molecule has 0 saturated carbocycles. The molecule has 0 aromatic heterocycles. The van der Waals surface area contributed by atoms with Gasteiger partial charge in [0.2, 0.25) is 0 Å². The van der Waals surface area contributed by atoms with Crippen LogP contribution in [-0.4, -0.2) is 63.1 Å². The highest BCUT2D eigenvalue weighted by Crippen LogP contribution is 2.57. The minimum absolute atomic E-state index is 0.0733. The lowest BCUT2D eigenvalue weighted by atomic mass is 9.55. The SMILES string of the molecule is CC1c2cc(OCC(O)COc3ccc(C4(C)c5ccc(OCC6CO6)cc5C4C)cc3)ccc2C1(C)c1ccc(OCC2CO2)cc1. The van der Waals surface area contributed by atoms with E-state index < -0.39 is 6.10 Å². The average Bonchev–Trinajstić information content (AvgIpc) is 4.07. The summed E-state index contributed by atoms with van der Waals surface area (Å²) in [4.78, 5) is 0. The maximum atomic E-state index is 10.7. The van der Waals surface area contributed by atoms with Crippen molar-refractivity contribution in [2.24, 2.45) is 0 Å². The second kappa shape index (κ2) is 12.1. The molecule has 4 aromatic rings. The number of aliphatic hydroxyl groups excluding tert-OH is 1. The van der Waals surface area contributed by atoms with Crippen LogP contribution in [0.25, 0.3) is 0 Å². The lowest BCUT2D eigenvalue weighted by Crippen LogP contribution is -2.40. The Morgan fingerprint density at radius 2 is 0.979 bits per heavy atom. The summed E-state index contributed by atoms with van der Waals surface area (Å²) in [6, 6.07) is 29.4. The molecule has 48 heavy (non-hydrogen) atoms. The third-order valence-corrected chi connectivity index (χ3v) is 11.3. The van der Waals surface area contributed by atoms with E-state index >= 15 is 0 Å². The summed E-state index contributed by atoms with van der Waals surface area (Å²) in [6.45, 7) is 12.3. The second-order valence-corrected chi connectivity index (χ2v) is 14.2. The number of hydrogen-bond donors (Lipinski definition) is 1. The van der Waals surface area contributed by atoms with Crippen LogP contribution in [-0.2, 0) is 20.3 Å². The van der Waals surface area contributed by atoms with Crippen molar-refractivity contribution < 1.29 is 33.5 Å². The van der Waals surface area contributed by atoms with Crippen molar-refractivity contribution in [3.05, 3.63) is 118 Å². The Kier molecular flexibility index (Phi) is 7.90. The van der Waals surface area contributed by atoms with E-state index in [9.17, 15) is 5.11 Å². The fourth-order valence-electron chi connectivity index (χ4n) is 7.60. The molecule has 0 radical (unpaired) electrons. The smallest absolute Gasteiger partial charge is 0.122 e. The van der Waals surface area contributed by atoms with Crippen LogP contribution in [0.1, 0.15) is 72.9 Å². The van der Waals surface area contributed by atoms with E-state index in [1.165, 1.54) is 33.4 Å². The molecular weight excluding hydrogens is 604 g/mol. The molecule has 2 aliphatic carbocycles. The topological polar surface area (TPSA) is 82.2 Å². The standard InChI is InChI=1S/C41H44O7/c1-25-36-17-32(13-15-38(36)40(25,3)28-7-11-31(12-8-28)45-21-34-23-47-34)44-20-29(42)19-43-30-9-5-27(6-10-30)41(4)26(2)37-18-33(14-16-39(37)41)46-22-35-24-48-35/h5-18,25-26,29,34-35,42H,19-24H2,1-4H3. The van der Waals surface area contributed by atoms with Crippen molar-refractivity contribution in [2.45, 2.75) is 68.7 Å². The molecule has 7 heteroatoms. The molecule has 2 fully saturated rings. The zero-order valence-corrected chi connectivity index (χ0v) is 28.1. The van der Waals surface area contributed by atoms with E-state index in [0.29, 0.717) is 25.0 Å². The molecule has 7 atom stereocenters. The summed E-state index contributed by atoms with van der Waals surface area (Å²) in [5.74, 6) is 3.96. The highest BCUT2D eigenvalue weighted by atomic mass is 16.6. The van der Waals surface area contributed by atoms with Crippen LogP contribution >= 0.6 is 0 Å². The molecule has 7 nitrogen and oxygen atoms in total. The lowest BCUT2D eigenvalue weighted by Gasteiger charge is -2.48. The summed E-state index contributed by atoms with van der Waals surface area (Å²) in [5, 5.41) is 10.7. The largest absolute Gasteiger partial charge is 0.491 e. The quantitative estimate of drug-likeness (QED) is 0.149. The van der Waals surface area contributed by atoms with Gasteiger partial charge < -0.3 is 33.5 Å². The van der Waals surface area contributed by atoms with Gasteiger partial charge in [0.25, 0.3) is 0 Å². The predicted octanol–water partition coefficient (Wildman–Crippen LogP) is 6.91. The van der Waals surface area contributed by atoms with E-state index in [2.05, 4.69) is 94.4 Å². The molecule has 2 heterocycles. The number of ether oxygens (including phenoxy) is 6. The van der Waals surface area contributed by atoms with Crippen LogP contribution < -0.4 is 18.9 Å². The minimum Gasteiger partial charge on any atom is -0.491 e. The number of rotatable bonds is 14. The van der Waals surface area contributed by atoms with Gasteiger partial charge in [-0.3, -0.25) is 0 Å². The summed E-state index contributed by atoms with van der Waals surface area (Å²) in [5.41, 5.74) is 7.63. The number of fused-ring (bicyclic) bond motifs is 2. The summed E-state index contributed by atoms with van der Waals surface area (Å²) < 4.78 is 34.2. The van der Waals surface area contributed by atoms with E-state index in [1.54, 1.807) is 0 Å². The first-order valence-electron chi connectivity index (χ1n) is 17.2. The zero-order valence-electron chi connectivity index (χ0n) is 28.1. The molecule has 4 aliphatic rings. The van der Waals surface area contributed by atoms with Crippen molar-refractivity contribution in [3.63, 3.8) is 0 Å². The highest BCUT2D eigenvalue weighted by Gasteiger charge is 2.48. The Hall–Kier alpha value is -4.04. The molecule has 0 bridgehead atoms. The Labute approximate surface area is 282 Å². The Morgan fingerprint density at radius 1 is 0.604 bits per heavy atom. The van der Waals surface area contributed by atoms with Crippen molar-refractivity contribution in [3.8, 4) is 23.0 Å². The normalized spacial score (nSPS) is 28.2. The van der Waals surface area contributed by atoms with Crippen molar-refractivity contribution in [1.82, 2.24) is 0 Å². The molecule has 1 N–H and O–H groups in total. The van der Waals surface area contributed by atoms with E-state index in [1.807, 2.05) is 18.2 Å². The monoisotopic (exact) mass is 648 g/mol. The highest BCUT2D eigenvalue weighted by molar-refractivity contribution is 5.60. The van der Waals surface area contributed by atoms with Crippen molar-refractivity contribution in [1.29, 1.82) is 0 Å². The molecule has 7 unspecified atom stereocenters. The molecule has 4 aromatic carbocycles. The Morgan fingerprint density at radius 3 is 1.44 bits per heavy atom. The van der Waals surface area contributed by atoms with Crippen LogP contribution in [0.15, 0.2) is 84.9 Å². The molecule has 0 spiro atoms. The molecule has 8 rings (SSSR count). The van der Waals surface area contributed by atoms with Gasteiger partial charge in [0, 0.05) is 10.8 Å². The lowest BCUT2D eigenvalue weighted by molar-refractivity contribution is 0.0625. The molecule has 0 amide bonds. The molecular formula is C41H44O7. The van der Waals surface area contributed by atoms with Gasteiger partial charge >= 0.3 is 0 Å². The van der Waals surface area contributed by atoms with Crippen LogP contribution in [0.3, 0.4) is 0 Å². The average molecular weight is 649 g/mol. The first kappa shape index (κ1) is 31.2. The molecule has 250 valence electrons. The van der Waals surface area contributed by atoms with Gasteiger partial charge in [0.05, 0.1) is 13.2 Å². The fourth-order valence-corrected chi connectivity index (χ4v) is 7.60. The number of epoxide rings is 2. The van der Waals surface area contributed by atoms with Gasteiger partial charge in [-0.05, 0) is 93.7 Å². The predicted molar refractivity (Wildman–Crippen MR) is 183 cm³/mol. The van der Waals surface area contributed by atoms with Crippen LogP contribution in [0.4, 0.5) is 0 Å². The summed E-state index contributed by atoms with van der Waals surface area (Å²) in [7, 11) is 0. The number of hydrogen-bond acceptors (Lipinski definition) is 7. The fraction of sp³-hybridized carbons (Fsp3) is 0.415.